The Morgan fingerprint density at radius 3 is 2.30 bits per heavy atom. The second-order valence-corrected chi connectivity index (χ2v) is 11.2. The lowest BCUT2D eigenvalue weighted by Crippen LogP contribution is -2.35. The minimum atomic E-state index is -3.59. The second-order valence-electron chi connectivity index (χ2n) is 8.21. The molecule has 1 saturated heterocycles. The van der Waals surface area contributed by atoms with E-state index in [1.54, 1.807) is 4.90 Å². The second kappa shape index (κ2) is 9.24. The highest BCUT2D eigenvalue weighted by atomic mass is 32.2. The van der Waals surface area contributed by atoms with Crippen LogP contribution in [0.1, 0.15) is 57.3 Å². The van der Waals surface area contributed by atoms with Gasteiger partial charge in [-0.25, -0.2) is 8.42 Å². The number of primary amides is 1. The summed E-state index contributed by atoms with van der Waals surface area (Å²) in [4.78, 5) is 39.3. The highest BCUT2D eigenvalue weighted by molar-refractivity contribution is 7.89. The Bertz CT molecular complexity index is 1200. The van der Waals surface area contributed by atoms with Gasteiger partial charge in [0.25, 0.3) is 11.8 Å². The normalized spacial score (nSPS) is 16.8. The summed E-state index contributed by atoms with van der Waals surface area (Å²) in [5.74, 6) is -1.16. The molecule has 0 saturated carbocycles. The van der Waals surface area contributed by atoms with Gasteiger partial charge in [-0.1, -0.05) is 6.42 Å². The maximum Gasteiger partial charge on any atom is 0.256 e. The summed E-state index contributed by atoms with van der Waals surface area (Å²) < 4.78 is 27.1. The third-order valence-electron chi connectivity index (χ3n) is 6.04. The van der Waals surface area contributed by atoms with Gasteiger partial charge in [-0.15, -0.1) is 11.3 Å². The van der Waals surface area contributed by atoms with Gasteiger partial charge in [0.1, 0.15) is 5.00 Å². The highest BCUT2D eigenvalue weighted by Gasteiger charge is 2.29. The van der Waals surface area contributed by atoms with Gasteiger partial charge in [-0.2, -0.15) is 4.31 Å². The Hall–Kier alpha value is -2.76. The van der Waals surface area contributed by atoms with Crippen LogP contribution in [0.5, 0.6) is 0 Å². The zero-order valence-electron chi connectivity index (χ0n) is 18.3. The first-order chi connectivity index (χ1) is 15.7. The van der Waals surface area contributed by atoms with Crippen molar-refractivity contribution in [1.82, 2.24) is 9.21 Å². The molecule has 9 nitrogen and oxygen atoms in total. The van der Waals surface area contributed by atoms with Gasteiger partial charge in [-0.3, -0.25) is 14.4 Å². The molecule has 2 aliphatic heterocycles. The third kappa shape index (κ3) is 4.66. The number of hydrogen-bond donors (Lipinski definition) is 2. The third-order valence-corrected chi connectivity index (χ3v) is 9.09. The topological polar surface area (TPSA) is 130 Å². The summed E-state index contributed by atoms with van der Waals surface area (Å²) >= 11 is 1.23. The van der Waals surface area contributed by atoms with E-state index in [-0.39, 0.29) is 21.9 Å². The number of nitrogens with two attached hydrogens (primary N) is 1. The number of piperidine rings is 1. The molecule has 1 aromatic carbocycles. The fourth-order valence-electron chi connectivity index (χ4n) is 4.23. The Labute approximate surface area is 196 Å². The lowest BCUT2D eigenvalue weighted by Gasteiger charge is -2.25. The molecule has 1 fully saturated rings. The molecule has 4 rings (SSSR count). The van der Waals surface area contributed by atoms with Crippen molar-refractivity contribution in [2.24, 2.45) is 5.73 Å². The van der Waals surface area contributed by atoms with Crippen molar-refractivity contribution in [2.75, 3.05) is 25.0 Å². The largest absolute Gasteiger partial charge is 0.365 e. The molecule has 2 aliphatic rings. The van der Waals surface area contributed by atoms with Gasteiger partial charge in [0.05, 0.1) is 17.0 Å². The van der Waals surface area contributed by atoms with E-state index in [1.165, 1.54) is 46.8 Å². The first-order valence-corrected chi connectivity index (χ1v) is 13.1. The Kier molecular flexibility index (Phi) is 6.55. The van der Waals surface area contributed by atoms with Gasteiger partial charge in [-0.05, 0) is 49.1 Å². The van der Waals surface area contributed by atoms with Crippen LogP contribution in [-0.2, 0) is 27.8 Å². The molecule has 0 spiro atoms. The summed E-state index contributed by atoms with van der Waals surface area (Å²) in [6, 6.07) is 5.78. The molecule has 1 aromatic heterocycles. The van der Waals surface area contributed by atoms with Crippen LogP contribution in [0.25, 0.3) is 0 Å². The van der Waals surface area contributed by atoms with E-state index in [1.807, 2.05) is 0 Å². The summed E-state index contributed by atoms with van der Waals surface area (Å²) in [7, 11) is -3.59. The number of fused-ring (bicyclic) bond motifs is 1. The molecule has 0 aliphatic carbocycles. The molecule has 3 N–H and O–H groups in total. The molecular formula is C22H26N4O5S2. The van der Waals surface area contributed by atoms with Crippen LogP contribution in [-0.4, -0.2) is 55.0 Å². The van der Waals surface area contributed by atoms with Crippen molar-refractivity contribution < 1.29 is 22.8 Å². The fraction of sp³-hybridized carbons (Fsp3) is 0.409. The molecule has 33 heavy (non-hydrogen) atoms. The van der Waals surface area contributed by atoms with E-state index in [0.29, 0.717) is 37.6 Å². The minimum absolute atomic E-state index is 0.0557. The lowest BCUT2D eigenvalue weighted by molar-refractivity contribution is -0.129. The predicted octanol–water partition coefficient (Wildman–Crippen LogP) is 2.18. The molecule has 0 unspecified atom stereocenters. The Morgan fingerprint density at radius 2 is 1.70 bits per heavy atom. The number of nitrogens with zero attached hydrogens (tertiary/aromatic N) is 2. The van der Waals surface area contributed by atoms with Crippen molar-refractivity contribution in [3.63, 3.8) is 0 Å². The van der Waals surface area contributed by atoms with Gasteiger partial charge in [0.2, 0.25) is 15.9 Å². The molecule has 0 radical (unpaired) electrons. The number of amides is 3. The summed E-state index contributed by atoms with van der Waals surface area (Å²) in [5, 5.41) is 3.09. The Morgan fingerprint density at radius 1 is 1.03 bits per heavy atom. The summed E-state index contributed by atoms with van der Waals surface area (Å²) in [6.45, 7) is 3.36. The molecule has 0 bridgehead atoms. The number of sulfonamides is 1. The SMILES string of the molecule is CC(=O)N1CCc2c(sc(NC(=O)c3ccc(S(=O)(=O)N4CCCCC4)cc3)c2C(N)=O)C1. The Balaban J connectivity index is 1.54. The van der Waals surface area contributed by atoms with Crippen LogP contribution < -0.4 is 11.1 Å². The standard InChI is InChI=1S/C22H26N4O5S2/c1-14(27)25-12-9-17-18(13-25)32-22(19(17)20(23)28)24-21(29)15-5-7-16(8-6-15)33(30,31)26-10-3-2-4-11-26/h5-8H,2-4,9-13H2,1H3,(H2,23,28)(H,24,29). The van der Waals surface area contributed by atoms with Crippen LogP contribution in [0, 0.1) is 0 Å². The van der Waals surface area contributed by atoms with Gasteiger partial charge in [0.15, 0.2) is 0 Å². The van der Waals surface area contributed by atoms with E-state index in [9.17, 15) is 22.8 Å². The molecule has 3 heterocycles. The quantitative estimate of drug-likeness (QED) is 0.664. The zero-order valence-corrected chi connectivity index (χ0v) is 19.9. The van der Waals surface area contributed by atoms with Gasteiger partial charge >= 0.3 is 0 Å². The number of carbonyl (C=O) groups is 3. The smallest absolute Gasteiger partial charge is 0.256 e. The maximum atomic E-state index is 12.9. The molecule has 0 atom stereocenters. The van der Waals surface area contributed by atoms with E-state index in [0.717, 1.165) is 29.7 Å². The first-order valence-electron chi connectivity index (χ1n) is 10.8. The number of benzene rings is 1. The van der Waals surface area contributed by atoms with Crippen molar-refractivity contribution in [3.8, 4) is 0 Å². The number of thiophene rings is 1. The minimum Gasteiger partial charge on any atom is -0.365 e. The van der Waals surface area contributed by atoms with Crippen molar-refractivity contribution >= 4 is 44.1 Å². The average Bonchev–Trinajstić information content (AvgIpc) is 3.16. The van der Waals surface area contributed by atoms with Crippen molar-refractivity contribution in [3.05, 3.63) is 45.8 Å². The van der Waals surface area contributed by atoms with Gasteiger partial charge < -0.3 is 16.0 Å². The molecule has 3 amide bonds. The lowest BCUT2D eigenvalue weighted by atomic mass is 10.0. The predicted molar refractivity (Wildman–Crippen MR) is 125 cm³/mol. The molecule has 2 aromatic rings. The van der Waals surface area contributed by atoms with Crippen molar-refractivity contribution in [1.29, 1.82) is 0 Å². The van der Waals surface area contributed by atoms with E-state index in [4.69, 9.17) is 5.73 Å². The monoisotopic (exact) mass is 490 g/mol. The van der Waals surface area contributed by atoms with Crippen LogP contribution in [0.3, 0.4) is 0 Å². The van der Waals surface area contributed by atoms with Crippen LogP contribution in [0.4, 0.5) is 5.00 Å². The van der Waals surface area contributed by atoms with Gasteiger partial charge in [0, 0.05) is 37.0 Å². The average molecular weight is 491 g/mol. The van der Waals surface area contributed by atoms with Crippen LogP contribution >= 0.6 is 11.3 Å². The molecule has 11 heteroatoms. The van der Waals surface area contributed by atoms with E-state index >= 15 is 0 Å². The van der Waals surface area contributed by atoms with Crippen molar-refractivity contribution in [2.45, 2.75) is 44.0 Å². The van der Waals surface area contributed by atoms with E-state index in [2.05, 4.69) is 5.32 Å². The number of rotatable bonds is 5. The fourth-order valence-corrected chi connectivity index (χ4v) is 7.01. The zero-order chi connectivity index (χ0) is 23.8. The maximum absolute atomic E-state index is 12.9. The molecular weight excluding hydrogens is 464 g/mol. The van der Waals surface area contributed by atoms with Crippen LogP contribution in [0.15, 0.2) is 29.2 Å². The van der Waals surface area contributed by atoms with E-state index < -0.39 is 21.8 Å². The number of hydrogen-bond acceptors (Lipinski definition) is 6. The summed E-state index contributed by atoms with van der Waals surface area (Å²) in [5.41, 5.74) is 6.90. The number of carbonyl (C=O) groups excluding carboxylic acids is 3. The first kappa shape index (κ1) is 23.4. The highest BCUT2D eigenvalue weighted by Crippen LogP contribution is 2.37. The number of anilines is 1. The summed E-state index contributed by atoms with van der Waals surface area (Å²) in [6.07, 6.45) is 3.20. The van der Waals surface area contributed by atoms with Crippen LogP contribution in [0.2, 0.25) is 0 Å². The molecule has 176 valence electrons. The number of nitrogens with one attached hydrogen (secondary N) is 1.